The molecular formula is C8H15N3O2. The maximum Gasteiger partial charge on any atom is 0.318 e. The van der Waals surface area contributed by atoms with Gasteiger partial charge >= 0.3 is 6.03 Å². The topological polar surface area (TPSA) is 84.2 Å². The van der Waals surface area contributed by atoms with Crippen molar-refractivity contribution in [2.45, 2.75) is 19.3 Å². The lowest BCUT2D eigenvalue weighted by Gasteiger charge is -2.02. The van der Waals surface area contributed by atoms with Gasteiger partial charge in [0.05, 0.1) is 6.54 Å². The minimum atomic E-state index is -0.797. The van der Waals surface area contributed by atoms with Crippen LogP contribution in [0, 0.1) is 5.92 Å². The Morgan fingerprint density at radius 3 is 2.62 bits per heavy atom. The molecule has 0 aromatic heterocycles. The van der Waals surface area contributed by atoms with Crippen molar-refractivity contribution in [2.75, 3.05) is 13.1 Å². The lowest BCUT2D eigenvalue weighted by Crippen LogP contribution is -2.40. The van der Waals surface area contributed by atoms with E-state index in [1.165, 1.54) is 12.8 Å². The van der Waals surface area contributed by atoms with E-state index in [2.05, 4.69) is 5.32 Å². The molecule has 5 heteroatoms. The summed E-state index contributed by atoms with van der Waals surface area (Å²) in [4.78, 5) is 21.1. The average Bonchev–Trinajstić information content (AvgIpc) is 2.80. The first-order valence-corrected chi connectivity index (χ1v) is 4.48. The Bertz CT molecular complexity index is 202. The molecule has 0 aromatic carbocycles. The van der Waals surface area contributed by atoms with Crippen LogP contribution in [0.4, 0.5) is 4.79 Å². The number of hydrogen-bond acceptors (Lipinski definition) is 3. The number of carbonyl (C=O) groups excluding carboxylic acids is 2. The first-order chi connectivity index (χ1) is 6.18. The van der Waals surface area contributed by atoms with Gasteiger partial charge in [-0.3, -0.25) is 10.1 Å². The lowest BCUT2D eigenvalue weighted by molar-refractivity contribution is -0.119. The third-order valence-electron chi connectivity index (χ3n) is 1.97. The zero-order valence-corrected chi connectivity index (χ0v) is 7.51. The largest absolute Gasteiger partial charge is 0.351 e. The summed E-state index contributed by atoms with van der Waals surface area (Å²) in [5, 5.41) is 4.93. The summed E-state index contributed by atoms with van der Waals surface area (Å²) in [7, 11) is 0. The second-order valence-corrected chi connectivity index (χ2v) is 3.32. The lowest BCUT2D eigenvalue weighted by atomic mass is 10.3. The zero-order valence-electron chi connectivity index (χ0n) is 7.51. The van der Waals surface area contributed by atoms with Gasteiger partial charge in [-0.2, -0.15) is 0 Å². The van der Waals surface area contributed by atoms with Crippen LogP contribution in [-0.4, -0.2) is 25.0 Å². The second kappa shape index (κ2) is 4.81. The van der Waals surface area contributed by atoms with Gasteiger partial charge in [-0.1, -0.05) is 12.8 Å². The molecule has 4 N–H and O–H groups in total. The number of imide groups is 1. The Labute approximate surface area is 77.1 Å². The predicted molar refractivity (Wildman–Crippen MR) is 47.9 cm³/mol. The van der Waals surface area contributed by atoms with Crippen LogP contribution in [-0.2, 0) is 4.79 Å². The zero-order chi connectivity index (χ0) is 9.68. The first kappa shape index (κ1) is 9.98. The molecule has 0 spiro atoms. The van der Waals surface area contributed by atoms with Crippen molar-refractivity contribution in [3.63, 3.8) is 0 Å². The van der Waals surface area contributed by atoms with Crippen LogP contribution in [0.1, 0.15) is 19.3 Å². The van der Waals surface area contributed by atoms with Gasteiger partial charge in [-0.05, 0) is 18.9 Å². The third-order valence-corrected chi connectivity index (χ3v) is 1.97. The molecular weight excluding hydrogens is 170 g/mol. The highest BCUT2D eigenvalue weighted by molar-refractivity contribution is 5.94. The van der Waals surface area contributed by atoms with E-state index in [-0.39, 0.29) is 12.5 Å². The van der Waals surface area contributed by atoms with Gasteiger partial charge in [0.2, 0.25) is 5.91 Å². The number of nitrogens with one attached hydrogen (secondary N) is 2. The molecule has 3 amide bonds. The highest BCUT2D eigenvalue weighted by Gasteiger charge is 2.20. The third kappa shape index (κ3) is 5.19. The molecule has 1 fully saturated rings. The highest BCUT2D eigenvalue weighted by Crippen LogP contribution is 2.31. The fourth-order valence-corrected chi connectivity index (χ4v) is 1.10. The van der Waals surface area contributed by atoms with Crippen molar-refractivity contribution >= 4 is 11.9 Å². The summed E-state index contributed by atoms with van der Waals surface area (Å²) in [6, 6.07) is -0.797. The molecule has 0 saturated heterocycles. The summed E-state index contributed by atoms with van der Waals surface area (Å²) in [5.74, 6) is 0.481. The smallest absolute Gasteiger partial charge is 0.318 e. The average molecular weight is 185 g/mol. The quantitative estimate of drug-likeness (QED) is 0.508. The maximum absolute atomic E-state index is 10.8. The van der Waals surface area contributed by atoms with Crippen LogP contribution in [0.2, 0.25) is 0 Å². The Balaban J connectivity index is 1.91. The number of rotatable bonds is 5. The molecule has 1 saturated carbocycles. The Kier molecular flexibility index (Phi) is 3.70. The van der Waals surface area contributed by atoms with E-state index in [0.717, 1.165) is 18.9 Å². The van der Waals surface area contributed by atoms with Gasteiger partial charge in [0.25, 0.3) is 0 Å². The summed E-state index contributed by atoms with van der Waals surface area (Å²) < 4.78 is 0. The molecule has 0 radical (unpaired) electrons. The van der Waals surface area contributed by atoms with Crippen molar-refractivity contribution in [1.82, 2.24) is 10.6 Å². The second-order valence-electron chi connectivity index (χ2n) is 3.32. The summed E-state index contributed by atoms with van der Waals surface area (Å²) in [6.45, 7) is 0.993. The Morgan fingerprint density at radius 2 is 2.08 bits per heavy atom. The molecule has 0 bridgehead atoms. The first-order valence-electron chi connectivity index (χ1n) is 4.48. The fourth-order valence-electron chi connectivity index (χ4n) is 1.10. The Morgan fingerprint density at radius 1 is 1.38 bits per heavy atom. The summed E-state index contributed by atoms with van der Waals surface area (Å²) in [5.41, 5.74) is 4.76. The monoisotopic (exact) mass is 185 g/mol. The molecule has 1 aliphatic rings. The predicted octanol–water partition coefficient (Wildman–Crippen LogP) is -0.429. The van der Waals surface area contributed by atoms with Crippen LogP contribution >= 0.6 is 0 Å². The molecule has 0 aromatic rings. The molecule has 13 heavy (non-hydrogen) atoms. The van der Waals surface area contributed by atoms with Crippen LogP contribution in [0.5, 0.6) is 0 Å². The molecule has 0 atom stereocenters. The molecule has 5 nitrogen and oxygen atoms in total. The van der Waals surface area contributed by atoms with E-state index in [0.29, 0.717) is 0 Å². The van der Waals surface area contributed by atoms with Crippen molar-refractivity contribution in [3.05, 3.63) is 0 Å². The van der Waals surface area contributed by atoms with E-state index < -0.39 is 6.03 Å². The van der Waals surface area contributed by atoms with E-state index in [9.17, 15) is 9.59 Å². The van der Waals surface area contributed by atoms with Crippen LogP contribution in [0.3, 0.4) is 0 Å². The van der Waals surface area contributed by atoms with Gasteiger partial charge in [0.1, 0.15) is 0 Å². The number of nitrogens with two attached hydrogens (primary N) is 1. The van der Waals surface area contributed by atoms with Crippen molar-refractivity contribution in [2.24, 2.45) is 11.7 Å². The molecule has 0 unspecified atom stereocenters. The molecule has 0 heterocycles. The fraction of sp³-hybridized carbons (Fsp3) is 0.750. The van der Waals surface area contributed by atoms with E-state index in [1.807, 2.05) is 5.32 Å². The normalized spacial score (nSPS) is 15.4. The van der Waals surface area contributed by atoms with Gasteiger partial charge < -0.3 is 11.1 Å². The number of carbonyl (C=O) groups is 2. The summed E-state index contributed by atoms with van der Waals surface area (Å²) >= 11 is 0. The van der Waals surface area contributed by atoms with Gasteiger partial charge in [0, 0.05) is 0 Å². The number of urea groups is 1. The van der Waals surface area contributed by atoms with Gasteiger partial charge in [0.15, 0.2) is 0 Å². The number of primary amides is 1. The molecule has 74 valence electrons. The van der Waals surface area contributed by atoms with Crippen molar-refractivity contribution in [3.8, 4) is 0 Å². The number of hydrogen-bond donors (Lipinski definition) is 3. The minimum Gasteiger partial charge on any atom is -0.351 e. The Hall–Kier alpha value is -1.10. The molecule has 0 aliphatic heterocycles. The standard InChI is InChI=1S/C8H15N3O2/c9-8(13)11-7(12)5-10-4-3-6-1-2-6/h6,10H,1-5H2,(H3,9,11,12,13). The number of amides is 3. The van der Waals surface area contributed by atoms with Crippen molar-refractivity contribution in [1.29, 1.82) is 0 Å². The van der Waals surface area contributed by atoms with Crippen LogP contribution < -0.4 is 16.4 Å². The van der Waals surface area contributed by atoms with E-state index in [1.54, 1.807) is 0 Å². The summed E-state index contributed by atoms with van der Waals surface area (Å²) in [6.07, 6.45) is 3.74. The SMILES string of the molecule is NC(=O)NC(=O)CNCCC1CC1. The highest BCUT2D eigenvalue weighted by atomic mass is 16.2. The van der Waals surface area contributed by atoms with Gasteiger partial charge in [-0.25, -0.2) is 4.79 Å². The van der Waals surface area contributed by atoms with Crippen molar-refractivity contribution < 1.29 is 9.59 Å². The van der Waals surface area contributed by atoms with E-state index in [4.69, 9.17) is 5.73 Å². The molecule has 1 rings (SSSR count). The van der Waals surface area contributed by atoms with Crippen LogP contribution in [0.15, 0.2) is 0 Å². The molecule has 1 aliphatic carbocycles. The minimum absolute atomic E-state index is 0.162. The van der Waals surface area contributed by atoms with E-state index >= 15 is 0 Å². The maximum atomic E-state index is 10.8. The van der Waals surface area contributed by atoms with Crippen LogP contribution in [0.25, 0.3) is 0 Å². The van der Waals surface area contributed by atoms with Gasteiger partial charge in [-0.15, -0.1) is 0 Å².